The Morgan fingerprint density at radius 1 is 1.44 bits per heavy atom. The number of amides is 2. The Balaban J connectivity index is 2.46. The van der Waals surface area contributed by atoms with Crippen molar-refractivity contribution in [3.63, 3.8) is 0 Å². The van der Waals surface area contributed by atoms with Crippen LogP contribution in [-0.2, 0) is 4.79 Å². The van der Waals surface area contributed by atoms with Crippen LogP contribution in [-0.4, -0.2) is 47.8 Å². The molecule has 1 rings (SSSR count). The molecule has 0 aromatic carbocycles. The van der Waals surface area contributed by atoms with Gasteiger partial charge in [-0.1, -0.05) is 6.92 Å². The second-order valence-corrected chi connectivity index (χ2v) is 4.52. The summed E-state index contributed by atoms with van der Waals surface area (Å²) in [4.78, 5) is 22.1. The zero-order chi connectivity index (χ0) is 13.9. The van der Waals surface area contributed by atoms with E-state index in [0.29, 0.717) is 5.92 Å². The van der Waals surface area contributed by atoms with E-state index in [1.165, 1.54) is 0 Å². The highest BCUT2D eigenvalue weighted by atomic mass is 19.4. The molecule has 0 spiro atoms. The number of rotatable bonds is 5. The van der Waals surface area contributed by atoms with Crippen LogP contribution in [0.3, 0.4) is 0 Å². The average Bonchev–Trinajstić information content (AvgIpc) is 2.87. The van der Waals surface area contributed by atoms with Crippen molar-refractivity contribution >= 4 is 12.0 Å². The number of carbonyl (C=O) groups excluding carboxylic acids is 1. The Kier molecular flexibility index (Phi) is 4.42. The molecule has 0 aromatic rings. The molecule has 104 valence electrons. The standard InChI is InChI=1S/C10H15F3N2O3/c1-6-2-7(6)3-14-9(18)15(4-8(16)17)5-10(11,12)13/h6-7H,2-5H2,1H3,(H,14,18)(H,16,17). The summed E-state index contributed by atoms with van der Waals surface area (Å²) >= 11 is 0. The minimum Gasteiger partial charge on any atom is -0.480 e. The average molecular weight is 268 g/mol. The number of nitrogens with one attached hydrogen (secondary N) is 1. The van der Waals surface area contributed by atoms with E-state index >= 15 is 0 Å². The van der Waals surface area contributed by atoms with Gasteiger partial charge < -0.3 is 15.3 Å². The van der Waals surface area contributed by atoms with E-state index in [2.05, 4.69) is 5.32 Å². The first-order valence-electron chi connectivity index (χ1n) is 5.50. The van der Waals surface area contributed by atoms with Crippen molar-refractivity contribution in [2.75, 3.05) is 19.6 Å². The predicted molar refractivity (Wildman–Crippen MR) is 55.9 cm³/mol. The summed E-state index contributed by atoms with van der Waals surface area (Å²) in [6.45, 7) is -0.271. The lowest BCUT2D eigenvalue weighted by Gasteiger charge is -2.22. The molecule has 0 radical (unpaired) electrons. The summed E-state index contributed by atoms with van der Waals surface area (Å²) in [6.07, 6.45) is -3.68. The normalized spacial score (nSPS) is 22.4. The summed E-state index contributed by atoms with van der Waals surface area (Å²) in [5.41, 5.74) is 0. The van der Waals surface area contributed by atoms with Gasteiger partial charge in [-0.2, -0.15) is 13.2 Å². The number of hydrogen-bond donors (Lipinski definition) is 2. The zero-order valence-corrected chi connectivity index (χ0v) is 9.83. The van der Waals surface area contributed by atoms with Crippen molar-refractivity contribution in [1.82, 2.24) is 10.2 Å². The summed E-state index contributed by atoms with van der Waals surface area (Å²) < 4.78 is 36.5. The molecule has 8 heteroatoms. The van der Waals surface area contributed by atoms with Gasteiger partial charge in [0, 0.05) is 6.54 Å². The Hall–Kier alpha value is -1.47. The van der Waals surface area contributed by atoms with Crippen molar-refractivity contribution in [3.05, 3.63) is 0 Å². The van der Waals surface area contributed by atoms with Gasteiger partial charge in [0.15, 0.2) is 0 Å². The van der Waals surface area contributed by atoms with Gasteiger partial charge in [-0.05, 0) is 18.3 Å². The Morgan fingerprint density at radius 3 is 2.39 bits per heavy atom. The van der Waals surface area contributed by atoms with Gasteiger partial charge in [0.2, 0.25) is 0 Å². The summed E-state index contributed by atoms with van der Waals surface area (Å²) in [7, 11) is 0. The van der Waals surface area contributed by atoms with Gasteiger partial charge in [-0.25, -0.2) is 4.79 Å². The first-order chi connectivity index (χ1) is 8.19. The largest absolute Gasteiger partial charge is 0.480 e. The molecule has 2 N–H and O–H groups in total. The Morgan fingerprint density at radius 2 is 2.00 bits per heavy atom. The van der Waals surface area contributed by atoms with Crippen LogP contribution in [0.15, 0.2) is 0 Å². The SMILES string of the molecule is CC1CC1CNC(=O)N(CC(=O)O)CC(F)(F)F. The number of urea groups is 1. The summed E-state index contributed by atoms with van der Waals surface area (Å²) in [5, 5.41) is 10.8. The monoisotopic (exact) mass is 268 g/mol. The third-order valence-electron chi connectivity index (χ3n) is 2.78. The summed E-state index contributed by atoms with van der Waals surface area (Å²) in [5.74, 6) is -0.735. The molecule has 1 fully saturated rings. The van der Waals surface area contributed by atoms with Gasteiger partial charge >= 0.3 is 18.2 Å². The number of hydrogen-bond acceptors (Lipinski definition) is 2. The summed E-state index contributed by atoms with van der Waals surface area (Å²) in [6, 6.07) is -0.992. The maximum absolute atomic E-state index is 12.2. The molecule has 0 heterocycles. The lowest BCUT2D eigenvalue weighted by Crippen LogP contribution is -2.47. The highest BCUT2D eigenvalue weighted by Crippen LogP contribution is 2.36. The van der Waals surface area contributed by atoms with Crippen LogP contribution < -0.4 is 5.32 Å². The van der Waals surface area contributed by atoms with Gasteiger partial charge in [-0.3, -0.25) is 4.79 Å². The van der Waals surface area contributed by atoms with Crippen LogP contribution in [0.4, 0.5) is 18.0 Å². The Bertz CT molecular complexity index is 333. The Labute approximate surface area is 102 Å². The third kappa shape index (κ3) is 5.24. The van der Waals surface area contributed by atoms with Crippen molar-refractivity contribution in [2.24, 2.45) is 11.8 Å². The molecule has 5 nitrogen and oxygen atoms in total. The van der Waals surface area contributed by atoms with Gasteiger partial charge in [0.25, 0.3) is 0 Å². The van der Waals surface area contributed by atoms with Gasteiger partial charge in [0.05, 0.1) is 0 Å². The number of aliphatic carboxylic acids is 1. The molecule has 0 aromatic heterocycles. The smallest absolute Gasteiger partial charge is 0.406 e. The molecule has 0 saturated heterocycles. The molecule has 1 aliphatic rings. The molecule has 2 amide bonds. The third-order valence-corrected chi connectivity index (χ3v) is 2.78. The fraction of sp³-hybridized carbons (Fsp3) is 0.800. The van der Waals surface area contributed by atoms with E-state index in [-0.39, 0.29) is 17.4 Å². The van der Waals surface area contributed by atoms with Gasteiger partial charge in [0.1, 0.15) is 13.1 Å². The number of carbonyl (C=O) groups is 2. The number of carboxylic acid groups (broad SMARTS) is 1. The minimum absolute atomic E-state index is 0.245. The predicted octanol–water partition coefficient (Wildman–Crippen LogP) is 1.30. The van der Waals surface area contributed by atoms with Gasteiger partial charge in [-0.15, -0.1) is 0 Å². The second kappa shape index (κ2) is 5.45. The molecule has 0 aliphatic heterocycles. The van der Waals surface area contributed by atoms with Crippen molar-refractivity contribution < 1.29 is 27.9 Å². The number of nitrogens with zero attached hydrogens (tertiary/aromatic N) is 1. The lowest BCUT2D eigenvalue weighted by atomic mass is 10.3. The number of alkyl halides is 3. The maximum atomic E-state index is 12.2. The van der Waals surface area contributed by atoms with E-state index in [4.69, 9.17) is 5.11 Å². The first-order valence-corrected chi connectivity index (χ1v) is 5.50. The maximum Gasteiger partial charge on any atom is 0.406 e. The highest BCUT2D eigenvalue weighted by molar-refractivity contribution is 5.80. The van der Waals surface area contributed by atoms with Crippen molar-refractivity contribution in [3.8, 4) is 0 Å². The molecule has 0 bridgehead atoms. The molecule has 1 aliphatic carbocycles. The zero-order valence-electron chi connectivity index (χ0n) is 9.83. The first kappa shape index (κ1) is 14.6. The van der Waals surface area contributed by atoms with E-state index in [9.17, 15) is 22.8 Å². The fourth-order valence-corrected chi connectivity index (χ4v) is 1.59. The number of halogens is 3. The quantitative estimate of drug-likeness (QED) is 0.789. The fourth-order valence-electron chi connectivity index (χ4n) is 1.59. The molecular formula is C10H15F3N2O3. The van der Waals surface area contributed by atoms with E-state index in [0.717, 1.165) is 6.42 Å². The van der Waals surface area contributed by atoms with Crippen molar-refractivity contribution in [2.45, 2.75) is 19.5 Å². The van der Waals surface area contributed by atoms with Crippen LogP contribution in [0, 0.1) is 11.8 Å². The van der Waals surface area contributed by atoms with E-state index in [1.807, 2.05) is 6.92 Å². The molecule has 1 saturated carbocycles. The van der Waals surface area contributed by atoms with E-state index in [1.54, 1.807) is 0 Å². The second-order valence-electron chi connectivity index (χ2n) is 4.52. The van der Waals surface area contributed by atoms with E-state index < -0.39 is 31.3 Å². The topological polar surface area (TPSA) is 69.6 Å². The lowest BCUT2D eigenvalue weighted by molar-refractivity contribution is -0.148. The van der Waals surface area contributed by atoms with Crippen LogP contribution in [0.1, 0.15) is 13.3 Å². The van der Waals surface area contributed by atoms with Crippen LogP contribution in [0.5, 0.6) is 0 Å². The number of carboxylic acids is 1. The van der Waals surface area contributed by atoms with Crippen LogP contribution in [0.2, 0.25) is 0 Å². The molecule has 2 unspecified atom stereocenters. The highest BCUT2D eigenvalue weighted by Gasteiger charge is 2.36. The van der Waals surface area contributed by atoms with Crippen LogP contribution >= 0.6 is 0 Å². The van der Waals surface area contributed by atoms with Crippen molar-refractivity contribution in [1.29, 1.82) is 0 Å². The molecular weight excluding hydrogens is 253 g/mol. The molecule has 18 heavy (non-hydrogen) atoms. The van der Waals surface area contributed by atoms with Crippen LogP contribution in [0.25, 0.3) is 0 Å². The molecule has 2 atom stereocenters. The minimum atomic E-state index is -4.61.